The van der Waals surface area contributed by atoms with E-state index in [9.17, 15) is 31.1 Å². The lowest BCUT2D eigenvalue weighted by Crippen LogP contribution is -2.33. The summed E-state index contributed by atoms with van der Waals surface area (Å²) in [7, 11) is 0. The average molecular weight is 390 g/mol. The normalized spacial score (nSPS) is 12.0. The molecule has 0 aliphatic rings. The number of halogens is 6. The van der Waals surface area contributed by atoms with E-state index in [4.69, 9.17) is 0 Å². The number of ketones is 1. The van der Waals surface area contributed by atoms with Gasteiger partial charge in [0.05, 0.1) is 0 Å². The highest BCUT2D eigenvalue weighted by molar-refractivity contribution is 6.07. The van der Waals surface area contributed by atoms with Crippen molar-refractivity contribution in [2.45, 2.75) is 19.1 Å². The molecule has 0 N–H and O–H groups in total. The summed E-state index contributed by atoms with van der Waals surface area (Å²) in [5, 5.41) is 0. The second-order valence-corrected chi connectivity index (χ2v) is 5.14. The van der Waals surface area contributed by atoms with Crippen LogP contribution >= 0.6 is 0 Å². The Morgan fingerprint density at radius 1 is 0.963 bits per heavy atom. The molecule has 0 aliphatic carbocycles. The molecule has 0 saturated carbocycles. The fourth-order valence-electron chi connectivity index (χ4n) is 1.98. The molecular formula is C18H12F6O3. The Labute approximate surface area is 149 Å². The third kappa shape index (κ3) is 6.05. The second kappa shape index (κ2) is 8.61. The molecule has 2 rings (SSSR count). The molecule has 9 heteroatoms. The first kappa shape index (κ1) is 20.3. The van der Waals surface area contributed by atoms with Crippen LogP contribution in [0.5, 0.6) is 11.5 Å². The molecule has 0 amide bonds. The third-order valence-corrected chi connectivity index (χ3v) is 3.14. The summed E-state index contributed by atoms with van der Waals surface area (Å²) in [6, 6.07) is 9.87. The van der Waals surface area contributed by atoms with Gasteiger partial charge in [0.15, 0.2) is 5.78 Å². The van der Waals surface area contributed by atoms with Crippen molar-refractivity contribution in [2.75, 3.05) is 0 Å². The number of hydrogen-bond donors (Lipinski definition) is 0. The van der Waals surface area contributed by atoms with Crippen molar-refractivity contribution >= 4 is 11.9 Å². The summed E-state index contributed by atoms with van der Waals surface area (Å²) in [5.74, 6) is -1.28. The lowest BCUT2D eigenvalue weighted by Gasteiger charge is -2.16. The van der Waals surface area contributed by atoms with Crippen molar-refractivity contribution < 1.29 is 40.6 Å². The molecule has 0 heterocycles. The van der Waals surface area contributed by atoms with Crippen molar-refractivity contribution in [3.05, 3.63) is 65.7 Å². The highest BCUT2D eigenvalue weighted by atomic mass is 19.3. The van der Waals surface area contributed by atoms with Crippen LogP contribution in [0, 0.1) is 0 Å². The lowest BCUT2D eigenvalue weighted by molar-refractivity contribution is -0.253. The first-order chi connectivity index (χ1) is 12.7. The van der Waals surface area contributed by atoms with Crippen molar-refractivity contribution in [1.82, 2.24) is 0 Å². The van der Waals surface area contributed by atoms with Crippen LogP contribution in [0.15, 0.2) is 54.6 Å². The predicted octanol–water partition coefficient (Wildman–Crippen LogP) is 5.42. The van der Waals surface area contributed by atoms with Gasteiger partial charge in [-0.3, -0.25) is 4.79 Å². The molecule has 0 saturated heterocycles. The summed E-state index contributed by atoms with van der Waals surface area (Å²) in [6.07, 6.45) is -6.35. The number of hydrogen-bond acceptors (Lipinski definition) is 3. The number of carbonyl (C=O) groups is 1. The van der Waals surface area contributed by atoms with Crippen LogP contribution in [0.2, 0.25) is 0 Å². The molecule has 0 radical (unpaired) electrons. The van der Waals surface area contributed by atoms with E-state index in [-0.39, 0.29) is 16.9 Å². The van der Waals surface area contributed by atoms with Gasteiger partial charge in [-0.05, 0) is 35.9 Å². The summed E-state index contributed by atoms with van der Waals surface area (Å²) < 4.78 is 82.7. The van der Waals surface area contributed by atoms with Crippen LogP contribution < -0.4 is 9.47 Å². The molecule has 2 aromatic carbocycles. The van der Waals surface area contributed by atoms with Crippen LogP contribution in [0.3, 0.4) is 0 Å². The van der Waals surface area contributed by atoms with Gasteiger partial charge in [-0.15, -0.1) is 0 Å². The molecule has 0 aliphatic heterocycles. The van der Waals surface area contributed by atoms with Crippen LogP contribution in [-0.4, -0.2) is 24.9 Å². The Bertz CT molecular complexity index is 820. The number of ether oxygens (including phenoxy) is 2. The van der Waals surface area contributed by atoms with Crippen LogP contribution in [0.25, 0.3) is 6.08 Å². The van der Waals surface area contributed by atoms with Crippen molar-refractivity contribution in [2.24, 2.45) is 0 Å². The van der Waals surface area contributed by atoms with E-state index in [0.29, 0.717) is 0 Å². The SMILES string of the molecule is O=C(/C=C/c1cccc(OC(F)(F)C(F)F)c1)c1cccc(OC(F)F)c1. The number of rotatable bonds is 8. The molecule has 144 valence electrons. The second-order valence-electron chi connectivity index (χ2n) is 5.14. The van der Waals surface area contributed by atoms with E-state index in [0.717, 1.165) is 24.3 Å². The topological polar surface area (TPSA) is 35.5 Å². The van der Waals surface area contributed by atoms with Gasteiger partial charge in [-0.1, -0.05) is 30.3 Å². The Morgan fingerprint density at radius 3 is 2.30 bits per heavy atom. The van der Waals surface area contributed by atoms with Crippen LogP contribution in [0.4, 0.5) is 26.3 Å². The Hall–Kier alpha value is -2.97. The van der Waals surface area contributed by atoms with Crippen LogP contribution in [0.1, 0.15) is 15.9 Å². The van der Waals surface area contributed by atoms with Gasteiger partial charge in [0, 0.05) is 5.56 Å². The standard InChI is InChI=1S/C18H12F6O3/c19-16(20)18(23,24)27-14-6-1-3-11(9-14)7-8-15(25)12-4-2-5-13(10-12)26-17(21)22/h1-10,16-17H/b8-7+. The minimum absolute atomic E-state index is 0.0565. The Balaban J connectivity index is 2.11. The summed E-state index contributed by atoms with van der Waals surface area (Å²) in [6.45, 7) is -3.04. The molecule has 3 nitrogen and oxygen atoms in total. The average Bonchev–Trinajstić information content (AvgIpc) is 2.59. The maximum atomic E-state index is 12.9. The molecule has 0 fully saturated rings. The first-order valence-corrected chi connectivity index (χ1v) is 7.40. The highest BCUT2D eigenvalue weighted by Crippen LogP contribution is 2.28. The number of allylic oxidation sites excluding steroid dienone is 1. The maximum Gasteiger partial charge on any atom is 0.461 e. The maximum absolute atomic E-state index is 12.9. The van der Waals surface area contributed by atoms with Crippen molar-refractivity contribution in [3.63, 3.8) is 0 Å². The molecule has 27 heavy (non-hydrogen) atoms. The Kier molecular flexibility index (Phi) is 6.49. The van der Waals surface area contributed by atoms with Gasteiger partial charge in [0.25, 0.3) is 0 Å². The fraction of sp³-hybridized carbons (Fsp3) is 0.167. The summed E-state index contributed by atoms with van der Waals surface area (Å²) in [4.78, 5) is 12.1. The monoisotopic (exact) mass is 390 g/mol. The van der Waals surface area contributed by atoms with Crippen LogP contribution in [-0.2, 0) is 0 Å². The van der Waals surface area contributed by atoms with E-state index in [1.165, 1.54) is 36.4 Å². The zero-order valence-corrected chi connectivity index (χ0v) is 13.4. The summed E-state index contributed by atoms with van der Waals surface area (Å²) in [5.41, 5.74) is 0.284. The van der Waals surface area contributed by atoms with E-state index >= 15 is 0 Å². The molecule has 0 unspecified atom stereocenters. The Morgan fingerprint density at radius 2 is 1.63 bits per heavy atom. The van der Waals surface area contributed by atoms with Gasteiger partial charge < -0.3 is 9.47 Å². The molecule has 0 bridgehead atoms. The fourth-order valence-corrected chi connectivity index (χ4v) is 1.98. The van der Waals surface area contributed by atoms with Gasteiger partial charge >= 0.3 is 19.1 Å². The molecule has 0 aromatic heterocycles. The molecule has 2 aromatic rings. The number of carbonyl (C=O) groups excluding carboxylic acids is 1. The van der Waals surface area contributed by atoms with Gasteiger partial charge in [-0.25, -0.2) is 0 Å². The first-order valence-electron chi connectivity index (χ1n) is 7.40. The van der Waals surface area contributed by atoms with E-state index in [2.05, 4.69) is 9.47 Å². The van der Waals surface area contributed by atoms with Gasteiger partial charge in [0.1, 0.15) is 11.5 Å². The quantitative estimate of drug-likeness (QED) is 0.343. The smallest absolute Gasteiger partial charge is 0.435 e. The van der Waals surface area contributed by atoms with Crippen molar-refractivity contribution in [1.29, 1.82) is 0 Å². The van der Waals surface area contributed by atoms with E-state index in [1.54, 1.807) is 0 Å². The zero-order chi connectivity index (χ0) is 20.0. The number of benzene rings is 2. The third-order valence-electron chi connectivity index (χ3n) is 3.14. The van der Waals surface area contributed by atoms with Crippen molar-refractivity contribution in [3.8, 4) is 11.5 Å². The van der Waals surface area contributed by atoms with E-state index < -0.39 is 30.7 Å². The minimum atomic E-state index is -4.65. The van der Waals surface area contributed by atoms with Gasteiger partial charge in [0.2, 0.25) is 0 Å². The zero-order valence-electron chi connectivity index (χ0n) is 13.4. The largest absolute Gasteiger partial charge is 0.461 e. The highest BCUT2D eigenvalue weighted by Gasteiger charge is 2.43. The molecular weight excluding hydrogens is 378 g/mol. The predicted molar refractivity (Wildman–Crippen MR) is 84.5 cm³/mol. The van der Waals surface area contributed by atoms with E-state index in [1.807, 2.05) is 0 Å². The van der Waals surface area contributed by atoms with Gasteiger partial charge in [-0.2, -0.15) is 26.3 Å². The molecule has 0 atom stereocenters. The molecule has 0 spiro atoms. The lowest BCUT2D eigenvalue weighted by atomic mass is 10.1. The summed E-state index contributed by atoms with van der Waals surface area (Å²) >= 11 is 0. The number of alkyl halides is 6. The minimum Gasteiger partial charge on any atom is -0.435 e.